The Kier molecular flexibility index (Phi) is 6.70. The van der Waals surface area contributed by atoms with E-state index in [2.05, 4.69) is 71.9 Å². The van der Waals surface area contributed by atoms with Gasteiger partial charge in [0.15, 0.2) is 6.61 Å². The maximum atomic E-state index is 12.1. The summed E-state index contributed by atoms with van der Waals surface area (Å²) in [6.45, 7) is 6.34. The van der Waals surface area contributed by atoms with Gasteiger partial charge in [-0.15, -0.1) is 0 Å². The maximum Gasteiger partial charge on any atom is 0.277 e. The van der Waals surface area contributed by atoms with Gasteiger partial charge in [0, 0.05) is 29.9 Å². The highest BCUT2D eigenvalue weighted by molar-refractivity contribution is 14.1. The van der Waals surface area contributed by atoms with Gasteiger partial charge in [0.25, 0.3) is 5.91 Å². The minimum absolute atomic E-state index is 0.0811. The molecule has 1 amide bonds. The summed E-state index contributed by atoms with van der Waals surface area (Å²) in [7, 11) is 3.70. The molecule has 2 aromatic rings. The van der Waals surface area contributed by atoms with Crippen molar-refractivity contribution in [2.75, 3.05) is 25.7 Å². The molecule has 30 heavy (non-hydrogen) atoms. The zero-order chi connectivity index (χ0) is 21.9. The van der Waals surface area contributed by atoms with Crippen LogP contribution in [0.1, 0.15) is 31.9 Å². The van der Waals surface area contributed by atoms with Crippen LogP contribution in [0.15, 0.2) is 47.6 Å². The third-order valence-corrected chi connectivity index (χ3v) is 6.05. The van der Waals surface area contributed by atoms with Crippen molar-refractivity contribution in [2.45, 2.75) is 26.3 Å². The Balaban J connectivity index is 1.72. The lowest BCUT2D eigenvalue weighted by Gasteiger charge is -2.40. The summed E-state index contributed by atoms with van der Waals surface area (Å²) in [6, 6.07) is 11.6. The van der Waals surface area contributed by atoms with Crippen LogP contribution in [0.2, 0.25) is 0 Å². The first-order valence-electron chi connectivity index (χ1n) is 9.58. The molecule has 0 unspecified atom stereocenters. The molecule has 2 aromatic carbocycles. The Morgan fingerprint density at radius 1 is 1.27 bits per heavy atom. The van der Waals surface area contributed by atoms with Gasteiger partial charge in [0.1, 0.15) is 11.5 Å². The molecule has 0 spiro atoms. The van der Waals surface area contributed by atoms with E-state index in [0.717, 1.165) is 20.4 Å². The second-order valence-corrected chi connectivity index (χ2v) is 8.83. The number of allylic oxidation sites excluding steroid dienone is 1. The van der Waals surface area contributed by atoms with Crippen LogP contribution >= 0.6 is 22.6 Å². The first kappa shape index (κ1) is 22.1. The van der Waals surface area contributed by atoms with Gasteiger partial charge < -0.3 is 14.4 Å². The number of amides is 1. The van der Waals surface area contributed by atoms with Crippen LogP contribution in [0, 0.1) is 3.57 Å². The molecule has 7 heteroatoms. The Bertz CT molecular complexity index is 1010. The van der Waals surface area contributed by atoms with Crippen LogP contribution in [-0.2, 0) is 4.79 Å². The van der Waals surface area contributed by atoms with E-state index in [-0.39, 0.29) is 18.1 Å². The number of benzene rings is 2. The molecule has 158 valence electrons. The highest BCUT2D eigenvalue weighted by Gasteiger charge is 2.29. The SMILES string of the molecule is COc1cc2c(cc1/C=N/NC(=O)COc1ccccc1I)C(C)=CC(C)(C)N2C. The molecule has 1 aliphatic rings. The average molecular weight is 519 g/mol. The number of likely N-dealkylation sites (N-methyl/N-ethyl adjacent to an activating group) is 1. The standard InChI is InChI=1S/C23H26IN3O3/c1-15-12-23(2,3)27(4)19-11-21(29-5)16(10-17(15)19)13-25-26-22(28)14-30-20-9-7-6-8-18(20)24/h6-13H,14H2,1-5H3,(H,26,28)/b25-13+. The van der Waals surface area contributed by atoms with Gasteiger partial charge in [-0.05, 0) is 67.1 Å². The molecule has 1 heterocycles. The molecule has 0 aromatic heterocycles. The fourth-order valence-corrected chi connectivity index (χ4v) is 3.93. The van der Waals surface area contributed by atoms with E-state index in [4.69, 9.17) is 9.47 Å². The lowest BCUT2D eigenvalue weighted by atomic mass is 9.88. The van der Waals surface area contributed by atoms with Gasteiger partial charge >= 0.3 is 0 Å². The molecule has 0 atom stereocenters. The van der Waals surface area contributed by atoms with E-state index in [1.165, 1.54) is 5.57 Å². The van der Waals surface area contributed by atoms with Crippen LogP contribution in [0.4, 0.5) is 5.69 Å². The van der Waals surface area contributed by atoms with Crippen LogP contribution in [-0.4, -0.2) is 38.4 Å². The number of anilines is 1. The number of hydrazone groups is 1. The van der Waals surface area contributed by atoms with Crippen molar-refractivity contribution in [3.05, 3.63) is 57.2 Å². The Morgan fingerprint density at radius 2 is 2.00 bits per heavy atom. The van der Waals surface area contributed by atoms with Crippen LogP contribution in [0.5, 0.6) is 11.5 Å². The minimum atomic E-state index is -0.333. The summed E-state index contributed by atoms with van der Waals surface area (Å²) in [6.07, 6.45) is 3.84. The Hall–Kier alpha value is -2.55. The fraction of sp³-hybridized carbons (Fsp3) is 0.304. The van der Waals surface area contributed by atoms with E-state index >= 15 is 0 Å². The summed E-state index contributed by atoms with van der Waals surface area (Å²) in [5.41, 5.74) is 6.63. The number of rotatable bonds is 6. The second-order valence-electron chi connectivity index (χ2n) is 7.66. The molecule has 6 nitrogen and oxygen atoms in total. The van der Waals surface area contributed by atoms with Gasteiger partial charge in [0.2, 0.25) is 0 Å². The van der Waals surface area contributed by atoms with Crippen molar-refractivity contribution in [3.63, 3.8) is 0 Å². The van der Waals surface area contributed by atoms with Crippen molar-refractivity contribution < 1.29 is 14.3 Å². The zero-order valence-electron chi connectivity index (χ0n) is 17.8. The maximum absolute atomic E-state index is 12.1. The molecule has 1 aliphatic heterocycles. The first-order valence-corrected chi connectivity index (χ1v) is 10.7. The highest BCUT2D eigenvalue weighted by atomic mass is 127. The molecule has 0 saturated carbocycles. The van der Waals surface area contributed by atoms with Crippen LogP contribution in [0.25, 0.3) is 5.57 Å². The predicted octanol–water partition coefficient (Wildman–Crippen LogP) is 4.46. The van der Waals surface area contributed by atoms with Gasteiger partial charge in [-0.3, -0.25) is 4.79 Å². The van der Waals surface area contributed by atoms with Crippen molar-refractivity contribution in [2.24, 2.45) is 5.10 Å². The Morgan fingerprint density at radius 3 is 2.70 bits per heavy atom. The van der Waals surface area contributed by atoms with Gasteiger partial charge in [-0.25, -0.2) is 5.43 Å². The molecular formula is C23H26IN3O3. The third-order valence-electron chi connectivity index (χ3n) is 5.16. The molecular weight excluding hydrogens is 493 g/mol. The number of carbonyl (C=O) groups is 1. The number of halogens is 1. The molecule has 0 radical (unpaired) electrons. The monoisotopic (exact) mass is 519 g/mol. The lowest BCUT2D eigenvalue weighted by Crippen LogP contribution is -2.42. The summed E-state index contributed by atoms with van der Waals surface area (Å²) in [4.78, 5) is 14.3. The number of nitrogens with zero attached hydrogens (tertiary/aromatic N) is 2. The normalized spacial score (nSPS) is 14.9. The predicted molar refractivity (Wildman–Crippen MR) is 130 cm³/mol. The minimum Gasteiger partial charge on any atom is -0.496 e. The van der Waals surface area contributed by atoms with E-state index in [9.17, 15) is 4.79 Å². The summed E-state index contributed by atoms with van der Waals surface area (Å²) >= 11 is 2.17. The fourth-order valence-electron chi connectivity index (χ4n) is 3.38. The number of methoxy groups -OCH3 is 1. The van der Waals surface area contributed by atoms with Crippen molar-refractivity contribution in [1.29, 1.82) is 0 Å². The number of hydrogen-bond acceptors (Lipinski definition) is 5. The van der Waals surface area contributed by atoms with Crippen LogP contribution in [0.3, 0.4) is 0 Å². The number of hydrogen-bond donors (Lipinski definition) is 1. The number of carbonyl (C=O) groups excluding carboxylic acids is 1. The summed E-state index contributed by atoms with van der Waals surface area (Å²) in [5.74, 6) is 1.03. The quantitative estimate of drug-likeness (QED) is 0.348. The van der Waals surface area contributed by atoms with Gasteiger partial charge in [-0.2, -0.15) is 5.10 Å². The van der Waals surface area contributed by atoms with E-state index in [1.54, 1.807) is 13.3 Å². The van der Waals surface area contributed by atoms with E-state index in [0.29, 0.717) is 11.5 Å². The average Bonchev–Trinajstić information content (AvgIpc) is 2.71. The smallest absolute Gasteiger partial charge is 0.277 e. The number of para-hydroxylation sites is 1. The first-order chi connectivity index (χ1) is 14.2. The Labute approximate surface area is 191 Å². The molecule has 0 aliphatic carbocycles. The molecule has 3 rings (SSSR count). The van der Waals surface area contributed by atoms with Crippen molar-refractivity contribution in [1.82, 2.24) is 5.43 Å². The van der Waals surface area contributed by atoms with E-state index < -0.39 is 0 Å². The topological polar surface area (TPSA) is 63.2 Å². The third kappa shape index (κ3) is 4.77. The number of fused-ring (bicyclic) bond motifs is 1. The lowest BCUT2D eigenvalue weighted by molar-refractivity contribution is -0.123. The van der Waals surface area contributed by atoms with Crippen molar-refractivity contribution in [3.8, 4) is 11.5 Å². The zero-order valence-corrected chi connectivity index (χ0v) is 20.0. The highest BCUT2D eigenvalue weighted by Crippen LogP contribution is 2.40. The van der Waals surface area contributed by atoms with Crippen molar-refractivity contribution >= 4 is 46.0 Å². The molecule has 0 bridgehead atoms. The number of ether oxygens (including phenoxy) is 2. The number of nitrogens with one attached hydrogen (secondary N) is 1. The van der Waals surface area contributed by atoms with Gasteiger partial charge in [0.05, 0.1) is 22.4 Å². The summed E-state index contributed by atoms with van der Waals surface area (Å²) in [5, 5.41) is 4.09. The second kappa shape index (κ2) is 9.07. The molecule has 0 fully saturated rings. The van der Waals surface area contributed by atoms with Crippen LogP contribution < -0.4 is 19.8 Å². The largest absolute Gasteiger partial charge is 0.496 e. The molecule has 0 saturated heterocycles. The van der Waals surface area contributed by atoms with E-state index in [1.807, 2.05) is 36.4 Å². The summed E-state index contributed by atoms with van der Waals surface area (Å²) < 4.78 is 12.0. The van der Waals surface area contributed by atoms with Gasteiger partial charge in [-0.1, -0.05) is 18.2 Å². The molecule has 1 N–H and O–H groups in total.